The van der Waals surface area contributed by atoms with Gasteiger partial charge < -0.3 is 10.1 Å². The molecule has 0 saturated carbocycles. The third kappa shape index (κ3) is 5.00. The quantitative estimate of drug-likeness (QED) is 0.400. The van der Waals surface area contributed by atoms with Crippen LogP contribution in [0.4, 0.5) is 16.4 Å². The molecule has 0 saturated heterocycles. The summed E-state index contributed by atoms with van der Waals surface area (Å²) in [4.78, 5) is 16.8. The summed E-state index contributed by atoms with van der Waals surface area (Å²) in [5, 5.41) is 14.7. The number of rotatable bonds is 6. The predicted octanol–water partition coefficient (Wildman–Crippen LogP) is 3.23. The van der Waals surface area contributed by atoms with Crippen LogP contribution in [0.5, 0.6) is 5.75 Å². The van der Waals surface area contributed by atoms with Crippen molar-refractivity contribution in [2.24, 2.45) is 5.14 Å². The highest BCUT2D eigenvalue weighted by Gasteiger charge is 2.18. The average Bonchev–Trinajstić information content (AvgIpc) is 3.23. The highest BCUT2D eigenvalue weighted by atomic mass is 32.2. The molecule has 1 heterocycles. The van der Waals surface area contributed by atoms with Crippen LogP contribution in [0, 0.1) is 0 Å². The summed E-state index contributed by atoms with van der Waals surface area (Å²) in [5.41, 5.74) is 1.49. The van der Waals surface area contributed by atoms with E-state index in [0.717, 1.165) is 5.56 Å². The molecule has 2 amide bonds. The van der Waals surface area contributed by atoms with E-state index in [2.05, 4.69) is 20.7 Å². The Kier molecular flexibility index (Phi) is 6.07. The standard InChI is InChI=1S/C22H20N6O4S/c1-32-17-11-7-10-16(14-17)28-20(15-8-3-2-4-9-15)25-21(27-28)26-22(29)24-18-12-5-6-13-19(18)33(23,30)31/h2-14H,1H3,(H2,23,30,31)(H2,24,26,27,29). The number of sulfonamides is 1. The van der Waals surface area contributed by atoms with Gasteiger partial charge >= 0.3 is 6.03 Å². The molecule has 10 nitrogen and oxygen atoms in total. The smallest absolute Gasteiger partial charge is 0.326 e. The first-order chi connectivity index (χ1) is 15.8. The van der Waals surface area contributed by atoms with E-state index < -0.39 is 16.1 Å². The van der Waals surface area contributed by atoms with Gasteiger partial charge in [-0.15, -0.1) is 5.10 Å². The molecule has 0 aliphatic carbocycles. The zero-order chi connectivity index (χ0) is 23.4. The molecule has 168 valence electrons. The minimum Gasteiger partial charge on any atom is -0.497 e. The number of nitrogens with zero attached hydrogens (tertiary/aromatic N) is 3. The van der Waals surface area contributed by atoms with E-state index >= 15 is 0 Å². The molecule has 4 rings (SSSR count). The molecule has 0 aliphatic rings. The molecule has 1 aromatic heterocycles. The van der Waals surface area contributed by atoms with Gasteiger partial charge in [0.2, 0.25) is 10.0 Å². The van der Waals surface area contributed by atoms with Crippen molar-refractivity contribution in [1.29, 1.82) is 0 Å². The van der Waals surface area contributed by atoms with Crippen LogP contribution in [-0.2, 0) is 10.0 Å². The third-order valence-corrected chi connectivity index (χ3v) is 5.57. The number of nitrogens with one attached hydrogen (secondary N) is 2. The summed E-state index contributed by atoms with van der Waals surface area (Å²) in [5.74, 6) is 1.14. The molecular weight excluding hydrogens is 444 g/mol. The molecule has 33 heavy (non-hydrogen) atoms. The van der Waals surface area contributed by atoms with Gasteiger partial charge in [0.15, 0.2) is 5.82 Å². The number of methoxy groups -OCH3 is 1. The number of urea groups is 1. The Morgan fingerprint density at radius 1 is 0.970 bits per heavy atom. The van der Waals surface area contributed by atoms with Crippen molar-refractivity contribution < 1.29 is 17.9 Å². The molecule has 0 bridgehead atoms. The van der Waals surface area contributed by atoms with E-state index in [1.54, 1.807) is 30.0 Å². The number of para-hydroxylation sites is 1. The molecule has 11 heteroatoms. The Morgan fingerprint density at radius 2 is 1.70 bits per heavy atom. The lowest BCUT2D eigenvalue weighted by Crippen LogP contribution is -2.23. The van der Waals surface area contributed by atoms with Crippen molar-refractivity contribution in [3.05, 3.63) is 78.9 Å². The summed E-state index contributed by atoms with van der Waals surface area (Å²) >= 11 is 0. The summed E-state index contributed by atoms with van der Waals surface area (Å²) < 4.78 is 30.4. The van der Waals surface area contributed by atoms with Gasteiger partial charge in [-0.3, -0.25) is 5.32 Å². The fourth-order valence-electron chi connectivity index (χ4n) is 3.13. The van der Waals surface area contributed by atoms with Gasteiger partial charge in [0.05, 0.1) is 18.5 Å². The Hall–Kier alpha value is -4.22. The second kappa shape index (κ2) is 9.10. The molecule has 0 radical (unpaired) electrons. The Balaban J connectivity index is 1.67. The van der Waals surface area contributed by atoms with Crippen LogP contribution in [0.2, 0.25) is 0 Å². The highest BCUT2D eigenvalue weighted by Crippen LogP contribution is 2.25. The normalized spacial score (nSPS) is 11.1. The van der Waals surface area contributed by atoms with Crippen molar-refractivity contribution in [3.8, 4) is 22.8 Å². The topological polar surface area (TPSA) is 141 Å². The van der Waals surface area contributed by atoms with Gasteiger partial charge in [0.25, 0.3) is 5.95 Å². The van der Waals surface area contributed by atoms with Crippen molar-refractivity contribution >= 4 is 27.7 Å². The maximum Gasteiger partial charge on any atom is 0.326 e. The van der Waals surface area contributed by atoms with E-state index in [1.807, 2.05) is 42.5 Å². The monoisotopic (exact) mass is 464 g/mol. The number of anilines is 2. The average molecular weight is 465 g/mol. The van der Waals surface area contributed by atoms with E-state index in [-0.39, 0.29) is 16.5 Å². The van der Waals surface area contributed by atoms with E-state index in [9.17, 15) is 13.2 Å². The molecule has 0 fully saturated rings. The largest absolute Gasteiger partial charge is 0.497 e. The van der Waals surface area contributed by atoms with Gasteiger partial charge in [-0.2, -0.15) is 4.98 Å². The number of primary sulfonamides is 1. The van der Waals surface area contributed by atoms with E-state index in [0.29, 0.717) is 17.3 Å². The number of nitrogens with two attached hydrogens (primary N) is 1. The molecule has 0 atom stereocenters. The van der Waals surface area contributed by atoms with Gasteiger partial charge in [0.1, 0.15) is 10.6 Å². The van der Waals surface area contributed by atoms with E-state index in [1.165, 1.54) is 18.2 Å². The Bertz CT molecular complexity index is 1400. The summed E-state index contributed by atoms with van der Waals surface area (Å²) in [6, 6.07) is 21.7. The van der Waals surface area contributed by atoms with Crippen LogP contribution in [0.1, 0.15) is 0 Å². The summed E-state index contributed by atoms with van der Waals surface area (Å²) in [6.07, 6.45) is 0. The van der Waals surface area contributed by atoms with E-state index in [4.69, 9.17) is 9.88 Å². The fourth-order valence-corrected chi connectivity index (χ4v) is 3.83. The molecule has 0 unspecified atom stereocenters. The Morgan fingerprint density at radius 3 is 2.42 bits per heavy atom. The number of carbonyl (C=O) groups is 1. The molecule has 0 aliphatic heterocycles. The number of hydrogen-bond donors (Lipinski definition) is 3. The lowest BCUT2D eigenvalue weighted by molar-refractivity contribution is 0.262. The van der Waals surface area contributed by atoms with Gasteiger partial charge in [-0.05, 0) is 24.3 Å². The maximum absolute atomic E-state index is 12.6. The number of amides is 2. The number of benzene rings is 3. The van der Waals surface area contributed by atoms with Crippen molar-refractivity contribution in [2.45, 2.75) is 4.90 Å². The second-order valence-corrected chi connectivity index (χ2v) is 8.39. The maximum atomic E-state index is 12.6. The van der Waals surface area contributed by atoms with Crippen molar-refractivity contribution in [2.75, 3.05) is 17.7 Å². The molecular formula is C22H20N6O4S. The molecule has 4 N–H and O–H groups in total. The molecule has 0 spiro atoms. The minimum atomic E-state index is -4.02. The van der Waals surface area contributed by atoms with Crippen LogP contribution in [0.25, 0.3) is 17.1 Å². The highest BCUT2D eigenvalue weighted by molar-refractivity contribution is 7.89. The lowest BCUT2D eigenvalue weighted by atomic mass is 10.2. The number of carbonyl (C=O) groups excluding carboxylic acids is 1. The first kappa shape index (κ1) is 22.0. The predicted molar refractivity (Wildman–Crippen MR) is 124 cm³/mol. The lowest BCUT2D eigenvalue weighted by Gasteiger charge is -2.09. The van der Waals surface area contributed by atoms with Gasteiger partial charge in [-0.25, -0.2) is 23.0 Å². The van der Waals surface area contributed by atoms with Crippen LogP contribution in [0.15, 0.2) is 83.8 Å². The van der Waals surface area contributed by atoms with Gasteiger partial charge in [-0.1, -0.05) is 48.5 Å². The van der Waals surface area contributed by atoms with Crippen LogP contribution in [-0.4, -0.2) is 36.3 Å². The number of hydrogen-bond acceptors (Lipinski definition) is 6. The number of aromatic nitrogens is 3. The summed E-state index contributed by atoms with van der Waals surface area (Å²) in [7, 11) is -2.46. The number of ether oxygens (including phenoxy) is 1. The molecule has 3 aromatic carbocycles. The second-order valence-electron chi connectivity index (χ2n) is 6.86. The minimum absolute atomic E-state index is 0.0160. The fraction of sp³-hybridized carbons (Fsp3) is 0.0455. The van der Waals surface area contributed by atoms with Crippen molar-refractivity contribution in [3.63, 3.8) is 0 Å². The van der Waals surface area contributed by atoms with Crippen LogP contribution < -0.4 is 20.5 Å². The first-order valence-electron chi connectivity index (χ1n) is 9.72. The Labute approximate surface area is 190 Å². The van der Waals surface area contributed by atoms with Crippen molar-refractivity contribution in [1.82, 2.24) is 14.8 Å². The molecule has 4 aromatic rings. The summed E-state index contributed by atoms with van der Waals surface area (Å²) in [6.45, 7) is 0. The van der Waals surface area contributed by atoms with Gasteiger partial charge in [0, 0.05) is 11.6 Å². The zero-order valence-corrected chi connectivity index (χ0v) is 18.3. The van der Waals surface area contributed by atoms with Crippen LogP contribution in [0.3, 0.4) is 0 Å². The van der Waals surface area contributed by atoms with Crippen LogP contribution >= 0.6 is 0 Å². The first-order valence-corrected chi connectivity index (χ1v) is 11.3. The third-order valence-electron chi connectivity index (χ3n) is 4.60. The zero-order valence-electron chi connectivity index (χ0n) is 17.5. The SMILES string of the molecule is COc1cccc(-n2nc(NC(=O)Nc3ccccc3S(N)(=O)=O)nc2-c2ccccc2)c1.